The molecule has 0 aliphatic heterocycles. The van der Waals surface area contributed by atoms with E-state index in [1.165, 1.54) is 30.4 Å². The molecule has 0 radical (unpaired) electrons. The maximum Gasteiger partial charge on any atom is 0.350 e. The summed E-state index contributed by atoms with van der Waals surface area (Å²) in [7, 11) is 1.36. The zero-order valence-corrected chi connectivity index (χ0v) is 20.0. The lowest BCUT2D eigenvalue weighted by Gasteiger charge is -2.21. The number of methoxy groups -OCH3 is 1. The fraction of sp³-hybridized carbons (Fsp3) is 0.440. The van der Waals surface area contributed by atoms with Crippen LogP contribution in [-0.2, 0) is 22.6 Å². The molecule has 0 spiro atoms. The van der Waals surface area contributed by atoms with Gasteiger partial charge in [0.05, 0.1) is 18.5 Å². The van der Waals surface area contributed by atoms with E-state index in [9.17, 15) is 9.59 Å². The first-order valence-electron chi connectivity index (χ1n) is 11.5. The van der Waals surface area contributed by atoms with Crippen molar-refractivity contribution in [3.05, 3.63) is 52.8 Å². The molecule has 33 heavy (non-hydrogen) atoms. The highest BCUT2D eigenvalue weighted by atomic mass is 32.1. The number of ether oxygens (including phenoxy) is 1. The number of hydrogen-bond donors (Lipinski definition) is 1. The number of anilines is 1. The van der Waals surface area contributed by atoms with Crippen molar-refractivity contribution >= 4 is 39.1 Å². The predicted molar refractivity (Wildman–Crippen MR) is 130 cm³/mol. The number of fused-ring (bicyclic) bond motifs is 1. The van der Waals surface area contributed by atoms with Gasteiger partial charge < -0.3 is 10.1 Å². The van der Waals surface area contributed by atoms with Gasteiger partial charge in [-0.25, -0.2) is 9.78 Å². The molecule has 0 atom stereocenters. The molecule has 8 heteroatoms. The van der Waals surface area contributed by atoms with Crippen LogP contribution in [0, 0.1) is 5.92 Å². The number of hydrogen-bond acceptors (Lipinski definition) is 7. The van der Waals surface area contributed by atoms with Crippen LogP contribution in [0.3, 0.4) is 0 Å². The molecule has 1 fully saturated rings. The van der Waals surface area contributed by atoms with E-state index in [0.29, 0.717) is 17.1 Å². The minimum absolute atomic E-state index is 0.00210. The number of carbonyl (C=O) groups is 2. The Morgan fingerprint density at radius 2 is 1.88 bits per heavy atom. The Morgan fingerprint density at radius 3 is 2.58 bits per heavy atom. The fourth-order valence-electron chi connectivity index (χ4n) is 4.31. The molecule has 4 rings (SSSR count). The number of carbonyl (C=O) groups excluding carboxylic acids is 2. The molecule has 1 amide bonds. The molecule has 1 saturated carbocycles. The number of pyridine rings is 2. The van der Waals surface area contributed by atoms with Crippen LogP contribution in [0.1, 0.15) is 60.0 Å². The van der Waals surface area contributed by atoms with Gasteiger partial charge in [0.25, 0.3) is 0 Å². The van der Waals surface area contributed by atoms with Crippen LogP contribution in [0.2, 0.25) is 0 Å². The van der Waals surface area contributed by atoms with E-state index in [2.05, 4.69) is 22.1 Å². The van der Waals surface area contributed by atoms with Crippen molar-refractivity contribution in [1.29, 1.82) is 0 Å². The number of rotatable bonds is 8. The highest BCUT2D eigenvalue weighted by Gasteiger charge is 2.26. The summed E-state index contributed by atoms with van der Waals surface area (Å²) in [6.45, 7) is 4.49. The average Bonchev–Trinajstić information content (AvgIpc) is 3.21. The molecule has 0 aromatic carbocycles. The Bertz CT molecular complexity index is 1110. The van der Waals surface area contributed by atoms with E-state index in [-0.39, 0.29) is 11.8 Å². The van der Waals surface area contributed by atoms with Gasteiger partial charge in [0, 0.05) is 36.8 Å². The maximum atomic E-state index is 12.9. The van der Waals surface area contributed by atoms with Crippen molar-refractivity contribution in [2.75, 3.05) is 19.0 Å². The maximum absolute atomic E-state index is 12.9. The van der Waals surface area contributed by atoms with Gasteiger partial charge in [0.15, 0.2) is 0 Å². The van der Waals surface area contributed by atoms with E-state index in [4.69, 9.17) is 9.72 Å². The quantitative estimate of drug-likeness (QED) is 0.469. The SMILES string of the molecule is CCN(Cc1ccncc1)Cc1ccc2c(NC(=O)C3CCCCC3)c(C(=O)OC)sc2n1. The number of nitrogens with one attached hydrogen (secondary N) is 1. The lowest BCUT2D eigenvalue weighted by molar-refractivity contribution is -0.120. The second-order valence-corrected chi connectivity index (χ2v) is 9.44. The van der Waals surface area contributed by atoms with E-state index in [1.807, 2.05) is 24.3 Å². The minimum Gasteiger partial charge on any atom is -0.465 e. The molecule has 1 N–H and O–H groups in total. The summed E-state index contributed by atoms with van der Waals surface area (Å²) in [6.07, 6.45) is 8.73. The third kappa shape index (κ3) is 5.57. The van der Waals surface area contributed by atoms with Gasteiger partial charge in [-0.1, -0.05) is 26.2 Å². The summed E-state index contributed by atoms with van der Waals surface area (Å²) < 4.78 is 4.99. The average molecular weight is 467 g/mol. The molecular weight excluding hydrogens is 436 g/mol. The summed E-state index contributed by atoms with van der Waals surface area (Å²) >= 11 is 1.27. The monoisotopic (exact) mass is 466 g/mol. The Hall–Kier alpha value is -2.84. The number of nitrogens with zero attached hydrogens (tertiary/aromatic N) is 3. The van der Waals surface area contributed by atoms with Gasteiger partial charge in [-0.3, -0.25) is 14.7 Å². The molecule has 3 aromatic rings. The number of aromatic nitrogens is 2. The third-order valence-electron chi connectivity index (χ3n) is 6.20. The lowest BCUT2D eigenvalue weighted by Crippen LogP contribution is -2.25. The standard InChI is InChI=1S/C25H30N4O3S/c1-3-29(15-17-11-13-26-14-12-17)16-19-9-10-20-21(22(25(31)32-2)33-24(20)27-19)28-23(30)18-7-5-4-6-8-18/h9-14,18H,3-8,15-16H2,1-2H3,(H,28,30). The number of thiophene rings is 1. The molecule has 1 aliphatic rings. The van der Waals surface area contributed by atoms with Crippen LogP contribution in [0.25, 0.3) is 10.2 Å². The van der Waals surface area contributed by atoms with Crippen LogP contribution in [0.4, 0.5) is 5.69 Å². The molecule has 7 nitrogen and oxygen atoms in total. The number of esters is 1. The van der Waals surface area contributed by atoms with Gasteiger partial charge in [0.1, 0.15) is 9.71 Å². The molecule has 3 aromatic heterocycles. The summed E-state index contributed by atoms with van der Waals surface area (Å²) in [6, 6.07) is 7.96. The zero-order valence-electron chi connectivity index (χ0n) is 19.2. The highest BCUT2D eigenvalue weighted by Crippen LogP contribution is 2.36. The number of amides is 1. The minimum atomic E-state index is -0.452. The molecule has 3 heterocycles. The van der Waals surface area contributed by atoms with Gasteiger partial charge in [-0.2, -0.15) is 0 Å². The van der Waals surface area contributed by atoms with Gasteiger partial charge in [0.2, 0.25) is 5.91 Å². The van der Waals surface area contributed by atoms with E-state index in [0.717, 1.165) is 54.7 Å². The highest BCUT2D eigenvalue weighted by molar-refractivity contribution is 7.21. The second-order valence-electron chi connectivity index (χ2n) is 8.44. The van der Waals surface area contributed by atoms with Crippen LogP contribution in [-0.4, -0.2) is 40.4 Å². The summed E-state index contributed by atoms with van der Waals surface area (Å²) in [5.41, 5.74) is 2.64. The molecule has 0 bridgehead atoms. The smallest absolute Gasteiger partial charge is 0.350 e. The van der Waals surface area contributed by atoms with Gasteiger partial charge in [-0.15, -0.1) is 11.3 Å². The van der Waals surface area contributed by atoms with E-state index >= 15 is 0 Å². The summed E-state index contributed by atoms with van der Waals surface area (Å²) in [4.78, 5) is 37.7. The Morgan fingerprint density at radius 1 is 1.12 bits per heavy atom. The van der Waals surface area contributed by atoms with Gasteiger partial charge >= 0.3 is 5.97 Å². The first kappa shape index (κ1) is 23.3. The largest absolute Gasteiger partial charge is 0.465 e. The molecular formula is C25H30N4O3S. The Labute approximate surface area is 198 Å². The van der Waals surface area contributed by atoms with Crippen molar-refractivity contribution < 1.29 is 14.3 Å². The van der Waals surface area contributed by atoms with Crippen molar-refractivity contribution in [3.63, 3.8) is 0 Å². The van der Waals surface area contributed by atoms with Crippen molar-refractivity contribution in [2.45, 2.75) is 52.1 Å². The van der Waals surface area contributed by atoms with Crippen LogP contribution in [0.15, 0.2) is 36.7 Å². The van der Waals surface area contributed by atoms with E-state index < -0.39 is 5.97 Å². The first-order chi connectivity index (χ1) is 16.1. The van der Waals surface area contributed by atoms with Crippen molar-refractivity contribution in [2.24, 2.45) is 5.92 Å². The summed E-state index contributed by atoms with van der Waals surface area (Å²) in [5.74, 6) is -0.470. The van der Waals surface area contributed by atoms with Crippen LogP contribution >= 0.6 is 11.3 Å². The van der Waals surface area contributed by atoms with Crippen molar-refractivity contribution in [3.8, 4) is 0 Å². The topological polar surface area (TPSA) is 84.4 Å². The fourth-order valence-corrected chi connectivity index (χ4v) is 5.38. The second kappa shape index (κ2) is 10.9. The van der Waals surface area contributed by atoms with Crippen LogP contribution in [0.5, 0.6) is 0 Å². The third-order valence-corrected chi connectivity index (χ3v) is 7.28. The van der Waals surface area contributed by atoms with Crippen LogP contribution < -0.4 is 5.32 Å². The molecule has 0 unspecified atom stereocenters. The van der Waals surface area contributed by atoms with Crippen molar-refractivity contribution in [1.82, 2.24) is 14.9 Å². The molecule has 0 saturated heterocycles. The zero-order chi connectivity index (χ0) is 23.2. The Kier molecular flexibility index (Phi) is 7.67. The van der Waals surface area contributed by atoms with Gasteiger partial charge in [-0.05, 0) is 49.2 Å². The molecule has 1 aliphatic carbocycles. The molecule has 174 valence electrons. The predicted octanol–water partition coefficient (Wildman–Crippen LogP) is 5.02. The first-order valence-corrected chi connectivity index (χ1v) is 12.3. The normalized spacial score (nSPS) is 14.5. The van der Waals surface area contributed by atoms with E-state index in [1.54, 1.807) is 12.4 Å². The Balaban J connectivity index is 1.58. The summed E-state index contributed by atoms with van der Waals surface area (Å²) in [5, 5.41) is 3.82. The lowest BCUT2D eigenvalue weighted by atomic mass is 9.88.